The predicted molar refractivity (Wildman–Crippen MR) is 71.2 cm³/mol. The standard InChI is InChI=1S/C13H13ClN2O3/c1-8-11(7-12(17)18)13(19-2)16(15-8)10-5-3-4-9(14)6-10/h3-6H,7H2,1-2H3,(H,17,18). The minimum absolute atomic E-state index is 0.129. The molecule has 0 bridgehead atoms. The lowest BCUT2D eigenvalue weighted by Crippen LogP contribution is -2.04. The van der Waals surface area contributed by atoms with Gasteiger partial charge in [-0.15, -0.1) is 0 Å². The smallest absolute Gasteiger partial charge is 0.308 e. The van der Waals surface area contributed by atoms with E-state index in [0.29, 0.717) is 22.2 Å². The second-order valence-electron chi connectivity index (χ2n) is 4.04. The summed E-state index contributed by atoms with van der Waals surface area (Å²) in [6, 6.07) is 7.11. The van der Waals surface area contributed by atoms with Gasteiger partial charge in [-0.2, -0.15) is 5.10 Å². The zero-order valence-corrected chi connectivity index (χ0v) is 11.3. The first-order valence-electron chi connectivity index (χ1n) is 5.63. The maximum atomic E-state index is 10.9. The van der Waals surface area contributed by atoms with Gasteiger partial charge in [0.1, 0.15) is 0 Å². The number of nitrogens with zero attached hydrogens (tertiary/aromatic N) is 2. The highest BCUT2D eigenvalue weighted by Gasteiger charge is 2.19. The normalized spacial score (nSPS) is 10.5. The van der Waals surface area contributed by atoms with Crippen molar-refractivity contribution in [3.63, 3.8) is 0 Å². The van der Waals surface area contributed by atoms with Gasteiger partial charge in [0.15, 0.2) is 0 Å². The minimum Gasteiger partial charge on any atom is -0.481 e. The summed E-state index contributed by atoms with van der Waals surface area (Å²) in [6.07, 6.45) is -0.129. The fourth-order valence-corrected chi connectivity index (χ4v) is 2.07. The van der Waals surface area contributed by atoms with Crippen LogP contribution in [0.5, 0.6) is 5.88 Å². The van der Waals surface area contributed by atoms with E-state index in [9.17, 15) is 4.79 Å². The van der Waals surface area contributed by atoms with Crippen LogP contribution in [0.15, 0.2) is 24.3 Å². The van der Waals surface area contributed by atoms with Crippen LogP contribution < -0.4 is 4.74 Å². The van der Waals surface area contributed by atoms with Crippen molar-refractivity contribution in [2.24, 2.45) is 0 Å². The number of aliphatic carboxylic acids is 1. The summed E-state index contributed by atoms with van der Waals surface area (Å²) in [5.41, 5.74) is 1.92. The van der Waals surface area contributed by atoms with Crippen LogP contribution in [0.4, 0.5) is 0 Å². The number of aromatic nitrogens is 2. The van der Waals surface area contributed by atoms with E-state index in [2.05, 4.69) is 5.10 Å². The van der Waals surface area contributed by atoms with E-state index in [-0.39, 0.29) is 6.42 Å². The van der Waals surface area contributed by atoms with Crippen LogP contribution in [0.3, 0.4) is 0 Å². The maximum absolute atomic E-state index is 10.9. The van der Waals surface area contributed by atoms with Crippen LogP contribution in [0.1, 0.15) is 11.3 Å². The molecule has 5 nitrogen and oxygen atoms in total. The van der Waals surface area contributed by atoms with Gasteiger partial charge in [0, 0.05) is 10.6 Å². The first kappa shape index (κ1) is 13.4. The number of carbonyl (C=O) groups is 1. The van der Waals surface area contributed by atoms with Gasteiger partial charge in [0.25, 0.3) is 0 Å². The van der Waals surface area contributed by atoms with E-state index in [4.69, 9.17) is 21.4 Å². The van der Waals surface area contributed by atoms with E-state index in [1.165, 1.54) is 7.11 Å². The second-order valence-corrected chi connectivity index (χ2v) is 4.47. The van der Waals surface area contributed by atoms with Crippen LogP contribution in [0.25, 0.3) is 5.69 Å². The molecule has 0 unspecified atom stereocenters. The Balaban J connectivity index is 2.55. The van der Waals surface area contributed by atoms with Crippen molar-refractivity contribution < 1.29 is 14.6 Å². The average molecular weight is 281 g/mol. The third kappa shape index (κ3) is 2.71. The van der Waals surface area contributed by atoms with Crippen molar-refractivity contribution >= 4 is 17.6 Å². The summed E-state index contributed by atoms with van der Waals surface area (Å²) >= 11 is 5.95. The van der Waals surface area contributed by atoms with Crippen LogP contribution >= 0.6 is 11.6 Å². The number of methoxy groups -OCH3 is 1. The van der Waals surface area contributed by atoms with Gasteiger partial charge < -0.3 is 9.84 Å². The lowest BCUT2D eigenvalue weighted by molar-refractivity contribution is -0.136. The molecule has 0 amide bonds. The summed E-state index contributed by atoms with van der Waals surface area (Å²) in [4.78, 5) is 10.9. The molecule has 100 valence electrons. The first-order chi connectivity index (χ1) is 9.02. The molecule has 0 saturated heterocycles. The monoisotopic (exact) mass is 280 g/mol. The number of benzene rings is 1. The van der Waals surface area contributed by atoms with E-state index in [1.54, 1.807) is 29.8 Å². The summed E-state index contributed by atoms with van der Waals surface area (Å²) in [5.74, 6) is -0.505. The van der Waals surface area contributed by atoms with Crippen LogP contribution in [-0.4, -0.2) is 28.0 Å². The Labute approximate surface area is 115 Å². The molecule has 0 aliphatic rings. The fraction of sp³-hybridized carbons (Fsp3) is 0.231. The number of carboxylic acids is 1. The molecule has 0 aliphatic carbocycles. The molecule has 2 rings (SSSR count). The van der Waals surface area contributed by atoms with Crippen LogP contribution in [-0.2, 0) is 11.2 Å². The number of rotatable bonds is 4. The lowest BCUT2D eigenvalue weighted by atomic mass is 10.2. The van der Waals surface area contributed by atoms with E-state index in [1.807, 2.05) is 6.07 Å². The van der Waals surface area contributed by atoms with Crippen molar-refractivity contribution in [3.8, 4) is 11.6 Å². The molecule has 6 heteroatoms. The van der Waals surface area contributed by atoms with Gasteiger partial charge in [-0.25, -0.2) is 4.68 Å². The molecule has 0 saturated carbocycles. The van der Waals surface area contributed by atoms with E-state index >= 15 is 0 Å². The molecule has 1 heterocycles. The second kappa shape index (κ2) is 5.32. The molecule has 0 radical (unpaired) electrons. The lowest BCUT2D eigenvalue weighted by Gasteiger charge is -2.07. The maximum Gasteiger partial charge on any atom is 0.308 e. The third-order valence-corrected chi connectivity index (χ3v) is 2.95. The van der Waals surface area contributed by atoms with Crippen molar-refractivity contribution in [1.82, 2.24) is 9.78 Å². The molecule has 2 aromatic rings. The highest BCUT2D eigenvalue weighted by Crippen LogP contribution is 2.27. The topological polar surface area (TPSA) is 64.3 Å². The number of halogens is 1. The summed E-state index contributed by atoms with van der Waals surface area (Å²) in [5, 5.41) is 13.8. The predicted octanol–water partition coefficient (Wildman–Crippen LogP) is 2.47. The molecular weight excluding hydrogens is 268 g/mol. The highest BCUT2D eigenvalue weighted by molar-refractivity contribution is 6.30. The Morgan fingerprint density at radius 1 is 1.53 bits per heavy atom. The summed E-state index contributed by atoms with van der Waals surface area (Å²) in [6.45, 7) is 1.75. The zero-order chi connectivity index (χ0) is 14.0. The Hall–Kier alpha value is -2.01. The Bertz CT molecular complexity index is 622. The molecule has 0 spiro atoms. The Morgan fingerprint density at radius 2 is 2.26 bits per heavy atom. The fourth-order valence-electron chi connectivity index (χ4n) is 1.89. The van der Waals surface area contributed by atoms with Crippen LogP contribution in [0.2, 0.25) is 5.02 Å². The summed E-state index contributed by atoms with van der Waals surface area (Å²) < 4.78 is 6.84. The van der Waals surface area contributed by atoms with Gasteiger partial charge in [0.2, 0.25) is 5.88 Å². The quantitative estimate of drug-likeness (QED) is 0.934. The molecule has 0 atom stereocenters. The van der Waals surface area contributed by atoms with Crippen molar-refractivity contribution in [2.45, 2.75) is 13.3 Å². The third-order valence-electron chi connectivity index (χ3n) is 2.71. The highest BCUT2D eigenvalue weighted by atomic mass is 35.5. The zero-order valence-electron chi connectivity index (χ0n) is 10.6. The van der Waals surface area contributed by atoms with Gasteiger partial charge in [0.05, 0.1) is 24.9 Å². The van der Waals surface area contributed by atoms with Crippen molar-refractivity contribution in [2.75, 3.05) is 7.11 Å². The molecule has 1 N–H and O–H groups in total. The first-order valence-corrected chi connectivity index (χ1v) is 6.01. The average Bonchev–Trinajstić information content (AvgIpc) is 2.66. The number of aryl methyl sites for hydroxylation is 1. The van der Waals surface area contributed by atoms with E-state index in [0.717, 1.165) is 5.69 Å². The SMILES string of the molecule is COc1c(CC(=O)O)c(C)nn1-c1cccc(Cl)c1. The molecule has 0 fully saturated rings. The number of carboxylic acid groups (broad SMARTS) is 1. The molecule has 1 aromatic heterocycles. The number of hydrogen-bond donors (Lipinski definition) is 1. The Morgan fingerprint density at radius 3 is 2.84 bits per heavy atom. The van der Waals surface area contributed by atoms with E-state index < -0.39 is 5.97 Å². The van der Waals surface area contributed by atoms with Gasteiger partial charge in [-0.3, -0.25) is 4.79 Å². The van der Waals surface area contributed by atoms with Gasteiger partial charge >= 0.3 is 5.97 Å². The van der Waals surface area contributed by atoms with Crippen LogP contribution in [0, 0.1) is 6.92 Å². The van der Waals surface area contributed by atoms with Crippen molar-refractivity contribution in [3.05, 3.63) is 40.5 Å². The molecule has 1 aromatic carbocycles. The van der Waals surface area contributed by atoms with Gasteiger partial charge in [-0.05, 0) is 25.1 Å². The minimum atomic E-state index is -0.924. The number of ether oxygens (including phenoxy) is 1. The largest absolute Gasteiger partial charge is 0.481 e. The summed E-state index contributed by atoms with van der Waals surface area (Å²) in [7, 11) is 1.49. The molecular formula is C13H13ClN2O3. The molecule has 19 heavy (non-hydrogen) atoms. The Kier molecular flexibility index (Phi) is 3.76. The van der Waals surface area contributed by atoms with Crippen molar-refractivity contribution in [1.29, 1.82) is 0 Å². The van der Waals surface area contributed by atoms with Gasteiger partial charge in [-0.1, -0.05) is 17.7 Å². The molecule has 0 aliphatic heterocycles. The number of hydrogen-bond acceptors (Lipinski definition) is 3.